The third-order valence-corrected chi connectivity index (χ3v) is 1.51. The number of hydrogen-bond acceptors (Lipinski definition) is 8. The van der Waals surface area contributed by atoms with Gasteiger partial charge in [-0.2, -0.15) is 0 Å². The zero-order chi connectivity index (χ0) is 12.1. The maximum absolute atomic E-state index is 11.2. The van der Waals surface area contributed by atoms with E-state index in [1.54, 1.807) is 6.92 Å². The van der Waals surface area contributed by atoms with Gasteiger partial charge < -0.3 is 20.6 Å². The molecule has 0 aliphatic heterocycles. The van der Waals surface area contributed by atoms with Gasteiger partial charge in [0.15, 0.2) is 5.70 Å². The topological polar surface area (TPSA) is 130 Å². The summed E-state index contributed by atoms with van der Waals surface area (Å²) in [6, 6.07) is 0. The van der Waals surface area contributed by atoms with Gasteiger partial charge in [-0.15, -0.1) is 10.2 Å². The van der Waals surface area contributed by atoms with Gasteiger partial charge in [0.05, 0.1) is 6.61 Å². The highest BCUT2D eigenvalue weighted by atomic mass is 16.5. The molecular weight excluding hydrogens is 214 g/mol. The molecule has 0 saturated heterocycles. The van der Waals surface area contributed by atoms with E-state index in [2.05, 4.69) is 26.6 Å². The summed E-state index contributed by atoms with van der Waals surface area (Å²) in [5.74, 6) is -1.23. The van der Waals surface area contributed by atoms with E-state index in [1.807, 2.05) is 0 Å². The fraction of sp³-hybridized carbons (Fsp3) is 0.250. The Labute approximate surface area is 91.0 Å². The van der Waals surface area contributed by atoms with Gasteiger partial charge in [0.25, 0.3) is 5.89 Å². The Morgan fingerprint density at radius 3 is 2.62 bits per heavy atom. The van der Waals surface area contributed by atoms with Crippen molar-refractivity contribution in [3.05, 3.63) is 17.6 Å². The van der Waals surface area contributed by atoms with Crippen LogP contribution in [0.1, 0.15) is 23.5 Å². The molecule has 1 heterocycles. The number of rotatable bonds is 4. The molecule has 1 rings (SSSR count). The maximum atomic E-state index is 11.2. The Morgan fingerprint density at radius 1 is 1.50 bits per heavy atom. The number of hydrogen-bond donors (Lipinski definition) is 2. The van der Waals surface area contributed by atoms with E-state index in [0.29, 0.717) is 0 Å². The lowest BCUT2D eigenvalue weighted by Crippen LogP contribution is -2.10. The molecule has 16 heavy (non-hydrogen) atoms. The standard InChI is InChI=1S/C8H11N5O3/c1-3-15-8(14)7-13-12-6(16-7)4(11-2)5(9)10/h2-3,9-10H2,1H3. The van der Waals surface area contributed by atoms with Crippen LogP contribution < -0.4 is 11.5 Å². The molecule has 0 unspecified atom stereocenters. The fourth-order valence-corrected chi connectivity index (χ4v) is 0.877. The number of carbonyl (C=O) groups is 1. The quantitative estimate of drug-likeness (QED) is 0.521. The molecule has 0 aliphatic rings. The van der Waals surface area contributed by atoms with E-state index >= 15 is 0 Å². The summed E-state index contributed by atoms with van der Waals surface area (Å²) in [5.41, 5.74) is 10.6. The van der Waals surface area contributed by atoms with Crippen molar-refractivity contribution in [2.24, 2.45) is 16.5 Å². The van der Waals surface area contributed by atoms with Crippen molar-refractivity contribution in [3.63, 3.8) is 0 Å². The fourth-order valence-electron chi connectivity index (χ4n) is 0.877. The molecule has 8 nitrogen and oxygen atoms in total. The molecule has 1 aromatic heterocycles. The van der Waals surface area contributed by atoms with Crippen LogP contribution in [0.5, 0.6) is 0 Å². The first-order chi connectivity index (χ1) is 7.60. The van der Waals surface area contributed by atoms with E-state index in [1.165, 1.54) is 0 Å². The number of carbonyl (C=O) groups excluding carboxylic acids is 1. The molecule has 4 N–H and O–H groups in total. The molecular formula is C8H11N5O3. The van der Waals surface area contributed by atoms with Crippen LogP contribution in [-0.4, -0.2) is 29.5 Å². The number of esters is 1. The summed E-state index contributed by atoms with van der Waals surface area (Å²) in [4.78, 5) is 14.7. The van der Waals surface area contributed by atoms with Crippen molar-refractivity contribution in [2.45, 2.75) is 6.92 Å². The Hall–Kier alpha value is -2.38. The van der Waals surface area contributed by atoms with E-state index < -0.39 is 5.97 Å². The van der Waals surface area contributed by atoms with Gasteiger partial charge >= 0.3 is 11.9 Å². The monoisotopic (exact) mass is 225 g/mol. The average Bonchev–Trinajstić information content (AvgIpc) is 2.68. The predicted molar refractivity (Wildman–Crippen MR) is 55.1 cm³/mol. The van der Waals surface area contributed by atoms with Crippen molar-refractivity contribution in [2.75, 3.05) is 6.61 Å². The average molecular weight is 225 g/mol. The van der Waals surface area contributed by atoms with Gasteiger partial charge in [0.2, 0.25) is 0 Å². The van der Waals surface area contributed by atoms with Crippen molar-refractivity contribution in [1.29, 1.82) is 0 Å². The summed E-state index contributed by atoms with van der Waals surface area (Å²) in [5, 5.41) is 7.00. The van der Waals surface area contributed by atoms with Crippen LogP contribution in [0, 0.1) is 0 Å². The molecule has 86 valence electrons. The normalized spacial score (nSPS) is 9.56. The maximum Gasteiger partial charge on any atom is 0.396 e. The minimum absolute atomic E-state index is 0.0306. The van der Waals surface area contributed by atoms with Gasteiger partial charge in [-0.3, -0.25) is 4.99 Å². The third kappa shape index (κ3) is 2.35. The summed E-state index contributed by atoms with van der Waals surface area (Å²) >= 11 is 0. The number of aromatic nitrogens is 2. The minimum Gasteiger partial charge on any atom is -0.459 e. The molecule has 0 amide bonds. The summed E-state index contributed by atoms with van der Waals surface area (Å²) < 4.78 is 9.62. The first kappa shape index (κ1) is 11.7. The summed E-state index contributed by atoms with van der Waals surface area (Å²) in [7, 11) is 0. The van der Waals surface area contributed by atoms with Gasteiger partial charge in [-0.1, -0.05) is 0 Å². The zero-order valence-corrected chi connectivity index (χ0v) is 8.64. The number of ether oxygens (including phenoxy) is 1. The zero-order valence-electron chi connectivity index (χ0n) is 8.64. The van der Waals surface area contributed by atoms with Crippen molar-refractivity contribution in [3.8, 4) is 0 Å². The Kier molecular flexibility index (Phi) is 3.59. The second-order valence-corrected chi connectivity index (χ2v) is 2.59. The molecule has 0 spiro atoms. The Bertz CT molecular complexity index is 433. The first-order valence-electron chi connectivity index (χ1n) is 4.33. The Balaban J connectivity index is 2.99. The van der Waals surface area contributed by atoms with E-state index in [4.69, 9.17) is 15.9 Å². The smallest absolute Gasteiger partial charge is 0.396 e. The van der Waals surface area contributed by atoms with Crippen LogP contribution in [0.25, 0.3) is 5.70 Å². The van der Waals surface area contributed by atoms with Gasteiger partial charge in [-0.05, 0) is 13.6 Å². The predicted octanol–water partition coefficient (Wildman–Crippen LogP) is -0.510. The molecule has 0 aromatic carbocycles. The lowest BCUT2D eigenvalue weighted by Gasteiger charge is -1.96. The second-order valence-electron chi connectivity index (χ2n) is 2.59. The Morgan fingerprint density at radius 2 is 2.12 bits per heavy atom. The largest absolute Gasteiger partial charge is 0.459 e. The van der Waals surface area contributed by atoms with E-state index in [0.717, 1.165) is 0 Å². The van der Waals surface area contributed by atoms with Crippen LogP contribution in [0.15, 0.2) is 15.2 Å². The number of aliphatic imine (C=N–C) groups is 1. The SMILES string of the molecule is C=NC(=C(N)N)c1nnc(C(=O)OCC)o1. The molecule has 0 radical (unpaired) electrons. The molecule has 1 aromatic rings. The molecule has 0 fully saturated rings. The first-order valence-corrected chi connectivity index (χ1v) is 4.33. The van der Waals surface area contributed by atoms with E-state index in [-0.39, 0.29) is 29.9 Å². The number of nitrogens with zero attached hydrogens (tertiary/aromatic N) is 3. The minimum atomic E-state index is -0.722. The molecule has 0 atom stereocenters. The van der Waals surface area contributed by atoms with Crippen molar-refractivity contribution in [1.82, 2.24) is 10.2 Å². The third-order valence-electron chi connectivity index (χ3n) is 1.51. The van der Waals surface area contributed by atoms with Gasteiger partial charge in [-0.25, -0.2) is 4.79 Å². The van der Waals surface area contributed by atoms with Crippen LogP contribution >= 0.6 is 0 Å². The summed E-state index contributed by atoms with van der Waals surface area (Å²) in [6.45, 7) is 5.10. The van der Waals surface area contributed by atoms with E-state index in [9.17, 15) is 4.79 Å². The molecule has 0 aliphatic carbocycles. The molecule has 0 saturated carbocycles. The number of nitrogens with two attached hydrogens (primary N) is 2. The van der Waals surface area contributed by atoms with Gasteiger partial charge in [0.1, 0.15) is 5.82 Å². The highest BCUT2D eigenvalue weighted by molar-refractivity contribution is 5.84. The molecule has 0 bridgehead atoms. The highest BCUT2D eigenvalue weighted by Crippen LogP contribution is 2.14. The van der Waals surface area contributed by atoms with Crippen LogP contribution in [0.4, 0.5) is 0 Å². The summed E-state index contributed by atoms with van der Waals surface area (Å²) in [6.07, 6.45) is 0. The van der Waals surface area contributed by atoms with Crippen molar-refractivity contribution < 1.29 is 13.9 Å². The lowest BCUT2D eigenvalue weighted by atomic mass is 10.4. The van der Waals surface area contributed by atoms with Crippen LogP contribution in [0.3, 0.4) is 0 Å². The van der Waals surface area contributed by atoms with Crippen LogP contribution in [-0.2, 0) is 4.74 Å². The lowest BCUT2D eigenvalue weighted by molar-refractivity contribution is 0.0480. The van der Waals surface area contributed by atoms with Crippen LogP contribution in [0.2, 0.25) is 0 Å². The van der Waals surface area contributed by atoms with Gasteiger partial charge in [0, 0.05) is 0 Å². The molecule has 8 heteroatoms. The second kappa shape index (κ2) is 4.91. The van der Waals surface area contributed by atoms with Crippen molar-refractivity contribution >= 4 is 18.4 Å². The highest BCUT2D eigenvalue weighted by Gasteiger charge is 2.18.